The minimum atomic E-state index is -4.05. The predicted octanol–water partition coefficient (Wildman–Crippen LogP) is 5.59. The van der Waals surface area contributed by atoms with E-state index in [0.717, 1.165) is 5.56 Å². The van der Waals surface area contributed by atoms with Crippen molar-refractivity contribution in [3.05, 3.63) is 58.6 Å². The van der Waals surface area contributed by atoms with E-state index in [1.54, 1.807) is 43.3 Å². The van der Waals surface area contributed by atoms with Crippen LogP contribution in [-0.2, 0) is 21.5 Å². The fourth-order valence-corrected chi connectivity index (χ4v) is 4.78. The second-order valence-electron chi connectivity index (χ2n) is 8.92. The highest BCUT2D eigenvalue weighted by Gasteiger charge is 2.24. The Morgan fingerprint density at radius 3 is 2.20 bits per heavy atom. The third-order valence-electron chi connectivity index (χ3n) is 4.52. The third kappa shape index (κ3) is 6.47. The molecule has 0 N–H and O–H groups in total. The zero-order valence-corrected chi connectivity index (χ0v) is 20.0. The van der Waals surface area contributed by atoms with Crippen molar-refractivity contribution in [1.29, 1.82) is 0 Å². The number of benzene rings is 2. The molecule has 0 saturated heterocycles. The summed E-state index contributed by atoms with van der Waals surface area (Å²) >= 11 is 6.07. The molecule has 7 heteroatoms. The highest BCUT2D eigenvalue weighted by molar-refractivity contribution is 7.87. The summed E-state index contributed by atoms with van der Waals surface area (Å²) in [5.41, 5.74) is 1.32. The maximum Gasteiger partial charge on any atom is 0.340 e. The van der Waals surface area contributed by atoms with Gasteiger partial charge in [-0.05, 0) is 55.5 Å². The molecule has 0 aromatic heterocycles. The second-order valence-corrected chi connectivity index (χ2v) is 10.8. The number of amides is 1. The Hall–Kier alpha value is -2.05. The van der Waals surface area contributed by atoms with E-state index < -0.39 is 10.1 Å². The lowest BCUT2D eigenvalue weighted by Crippen LogP contribution is -2.38. The molecule has 0 saturated carbocycles. The Bertz CT molecular complexity index is 973. The molecule has 0 unspecified atom stereocenters. The van der Waals surface area contributed by atoms with E-state index in [-0.39, 0.29) is 33.0 Å². The molecule has 5 nitrogen and oxygen atoms in total. The number of hydrogen-bond acceptors (Lipinski definition) is 4. The van der Waals surface area contributed by atoms with Crippen LogP contribution in [0.4, 0.5) is 0 Å². The van der Waals surface area contributed by atoms with Crippen LogP contribution in [0.25, 0.3) is 0 Å². The van der Waals surface area contributed by atoms with Gasteiger partial charge in [0.15, 0.2) is 0 Å². The number of carbonyl (C=O) groups excluding carboxylic acids is 1. The average Bonchev–Trinajstić information content (AvgIpc) is 2.58. The van der Waals surface area contributed by atoms with Crippen molar-refractivity contribution >= 4 is 27.6 Å². The first-order valence-electron chi connectivity index (χ1n) is 9.88. The summed E-state index contributed by atoms with van der Waals surface area (Å²) in [6, 6.07) is 11.6. The monoisotopic (exact) mass is 451 g/mol. The van der Waals surface area contributed by atoms with E-state index in [2.05, 4.69) is 0 Å². The molecule has 2 rings (SSSR count). The van der Waals surface area contributed by atoms with Crippen molar-refractivity contribution in [3.8, 4) is 5.75 Å². The Morgan fingerprint density at radius 1 is 1.10 bits per heavy atom. The van der Waals surface area contributed by atoms with Gasteiger partial charge < -0.3 is 9.08 Å². The van der Waals surface area contributed by atoms with Crippen LogP contribution in [0.2, 0.25) is 5.02 Å². The lowest BCUT2D eigenvalue weighted by atomic mass is 9.91. The van der Waals surface area contributed by atoms with Gasteiger partial charge >= 0.3 is 10.1 Å². The Labute approximate surface area is 185 Å². The third-order valence-corrected chi connectivity index (χ3v) is 6.40. The minimum Gasteiger partial charge on any atom is -0.379 e. The number of nitrogens with zero attached hydrogens (tertiary/aromatic N) is 1. The molecule has 0 spiro atoms. The van der Waals surface area contributed by atoms with Gasteiger partial charge in [-0.2, -0.15) is 8.42 Å². The molecule has 1 amide bonds. The van der Waals surface area contributed by atoms with Crippen LogP contribution in [0.15, 0.2) is 47.4 Å². The van der Waals surface area contributed by atoms with Gasteiger partial charge in [0, 0.05) is 19.0 Å². The van der Waals surface area contributed by atoms with Crippen molar-refractivity contribution in [2.45, 2.75) is 65.4 Å². The summed E-state index contributed by atoms with van der Waals surface area (Å²) in [5, 5.41) is 0.122. The minimum absolute atomic E-state index is 0.0329. The van der Waals surface area contributed by atoms with Gasteiger partial charge in [0.05, 0.1) is 5.02 Å². The largest absolute Gasteiger partial charge is 0.379 e. The zero-order chi connectivity index (χ0) is 22.7. The quantitative estimate of drug-likeness (QED) is 0.515. The molecule has 0 atom stereocenters. The Balaban J connectivity index is 2.17. The molecule has 0 bridgehead atoms. The van der Waals surface area contributed by atoms with Gasteiger partial charge in [-0.15, -0.1) is 0 Å². The molecule has 0 fully saturated rings. The predicted molar refractivity (Wildman–Crippen MR) is 120 cm³/mol. The summed E-state index contributed by atoms with van der Waals surface area (Å²) in [6.07, 6.45) is 0.460. The van der Waals surface area contributed by atoms with E-state index in [4.69, 9.17) is 15.8 Å². The lowest BCUT2D eigenvalue weighted by molar-refractivity contribution is -0.135. The van der Waals surface area contributed by atoms with Crippen molar-refractivity contribution in [3.63, 3.8) is 0 Å². The van der Waals surface area contributed by atoms with Gasteiger partial charge in [0.25, 0.3) is 0 Å². The summed E-state index contributed by atoms with van der Waals surface area (Å²) in [5.74, 6) is 0.282. The molecule has 2 aromatic carbocycles. The molecule has 0 aliphatic heterocycles. The Morgan fingerprint density at radius 2 is 1.70 bits per heavy atom. The van der Waals surface area contributed by atoms with Crippen molar-refractivity contribution < 1.29 is 17.4 Å². The topological polar surface area (TPSA) is 63.7 Å². The van der Waals surface area contributed by atoms with Crippen LogP contribution >= 0.6 is 11.6 Å². The van der Waals surface area contributed by atoms with Crippen LogP contribution in [0.5, 0.6) is 5.75 Å². The van der Waals surface area contributed by atoms with Crippen LogP contribution in [0.3, 0.4) is 0 Å². The van der Waals surface area contributed by atoms with Crippen LogP contribution < -0.4 is 4.18 Å². The van der Waals surface area contributed by atoms with E-state index >= 15 is 0 Å². The van der Waals surface area contributed by atoms with Crippen molar-refractivity contribution in [2.24, 2.45) is 5.41 Å². The molecular formula is C23H30ClNO4S. The van der Waals surface area contributed by atoms with Crippen LogP contribution in [-0.4, -0.2) is 25.3 Å². The first-order valence-corrected chi connectivity index (χ1v) is 11.7. The first kappa shape index (κ1) is 24.2. The first-order chi connectivity index (χ1) is 13.8. The number of aryl methyl sites for hydroxylation is 1. The van der Waals surface area contributed by atoms with Gasteiger partial charge in [-0.3, -0.25) is 4.79 Å². The van der Waals surface area contributed by atoms with Gasteiger partial charge in [-0.1, -0.05) is 56.6 Å². The Kier molecular flexibility index (Phi) is 7.59. The summed E-state index contributed by atoms with van der Waals surface area (Å²) in [7, 11) is -4.05. The van der Waals surface area contributed by atoms with Gasteiger partial charge in [-0.25, -0.2) is 0 Å². The number of rotatable bonds is 7. The fraction of sp³-hybridized carbons (Fsp3) is 0.435. The fourth-order valence-electron chi connectivity index (χ4n) is 3.06. The number of hydrogen-bond donors (Lipinski definition) is 0. The number of halogens is 1. The standard InChI is InChI=1S/C23H30ClNO4S/c1-16(2)25(21(26)14-23(4,5)6)15-18-10-12-19(13-11-18)29-30(27,28)22-17(3)8-7-9-20(22)24/h7-13,16H,14-15H2,1-6H3. The molecule has 0 aliphatic rings. The molecule has 164 valence electrons. The van der Waals surface area contributed by atoms with E-state index in [1.807, 2.05) is 39.5 Å². The second kappa shape index (κ2) is 9.40. The number of carbonyl (C=O) groups is 1. The van der Waals surface area contributed by atoms with E-state index in [1.165, 1.54) is 6.07 Å². The highest BCUT2D eigenvalue weighted by atomic mass is 35.5. The molecule has 0 radical (unpaired) electrons. The molecule has 30 heavy (non-hydrogen) atoms. The molecule has 0 aliphatic carbocycles. The smallest absolute Gasteiger partial charge is 0.340 e. The van der Waals surface area contributed by atoms with E-state index in [0.29, 0.717) is 18.5 Å². The van der Waals surface area contributed by atoms with Crippen molar-refractivity contribution in [2.75, 3.05) is 0 Å². The van der Waals surface area contributed by atoms with Crippen molar-refractivity contribution in [1.82, 2.24) is 4.90 Å². The SMILES string of the molecule is Cc1cccc(Cl)c1S(=O)(=O)Oc1ccc(CN(C(=O)CC(C)(C)C)C(C)C)cc1. The van der Waals surface area contributed by atoms with E-state index in [9.17, 15) is 13.2 Å². The maximum absolute atomic E-state index is 12.7. The van der Waals surface area contributed by atoms with Crippen LogP contribution in [0.1, 0.15) is 52.2 Å². The zero-order valence-electron chi connectivity index (χ0n) is 18.4. The van der Waals surface area contributed by atoms with Gasteiger partial charge in [0.1, 0.15) is 10.6 Å². The van der Waals surface area contributed by atoms with Crippen LogP contribution in [0, 0.1) is 12.3 Å². The lowest BCUT2D eigenvalue weighted by Gasteiger charge is -2.30. The normalized spacial score (nSPS) is 12.1. The molecule has 0 heterocycles. The molecular weight excluding hydrogens is 422 g/mol. The molecule has 2 aromatic rings. The summed E-state index contributed by atoms with van der Waals surface area (Å²) in [4.78, 5) is 14.5. The van der Waals surface area contributed by atoms with Gasteiger partial charge in [0.2, 0.25) is 5.91 Å². The summed E-state index contributed by atoms with van der Waals surface area (Å²) < 4.78 is 30.6. The average molecular weight is 452 g/mol. The maximum atomic E-state index is 12.7. The summed E-state index contributed by atoms with van der Waals surface area (Å²) in [6.45, 7) is 12.2. The highest BCUT2D eigenvalue weighted by Crippen LogP contribution is 2.28.